The number of hydrogen-bond donors (Lipinski definition) is 0. The van der Waals surface area contributed by atoms with E-state index in [9.17, 15) is 4.79 Å². The van der Waals surface area contributed by atoms with E-state index in [1.807, 2.05) is 33.2 Å². The zero-order valence-corrected chi connectivity index (χ0v) is 15.5. The van der Waals surface area contributed by atoms with Gasteiger partial charge >= 0.3 is 0 Å². The lowest BCUT2D eigenvalue weighted by Crippen LogP contribution is -2.08. The first-order valence-electron chi connectivity index (χ1n) is 8.21. The third-order valence-electron chi connectivity index (χ3n) is 3.96. The second-order valence-electron chi connectivity index (χ2n) is 6.06. The molecule has 0 aliphatic carbocycles. The molecule has 0 saturated carbocycles. The summed E-state index contributed by atoms with van der Waals surface area (Å²) in [6, 6.07) is 1.83. The van der Waals surface area contributed by atoms with Gasteiger partial charge in [0, 0.05) is 41.7 Å². The molecule has 4 nitrogen and oxygen atoms in total. The molecule has 0 fully saturated rings. The summed E-state index contributed by atoms with van der Waals surface area (Å²) in [6.07, 6.45) is 12.1. The molecule has 2 aromatic heterocycles. The largest absolute Gasteiger partial charge is 0.289 e. The molecule has 2 heterocycles. The van der Waals surface area contributed by atoms with Crippen molar-refractivity contribution in [3.05, 3.63) is 90.6 Å². The first kappa shape index (κ1) is 19.1. The molecule has 2 rings (SSSR count). The summed E-state index contributed by atoms with van der Waals surface area (Å²) in [7, 11) is 1.85. The molecule has 2 aromatic rings. The van der Waals surface area contributed by atoms with Crippen molar-refractivity contribution in [2.24, 2.45) is 7.05 Å². The van der Waals surface area contributed by atoms with E-state index >= 15 is 0 Å². The quantitative estimate of drug-likeness (QED) is 0.405. The highest BCUT2D eigenvalue weighted by Crippen LogP contribution is 2.24. The number of allylic oxidation sites excluding steroid dienone is 6. The maximum atomic E-state index is 13.2. The van der Waals surface area contributed by atoms with Crippen LogP contribution in [0, 0.1) is 0 Å². The van der Waals surface area contributed by atoms with Gasteiger partial charge in [0.1, 0.15) is 0 Å². The number of pyridine rings is 1. The van der Waals surface area contributed by atoms with E-state index in [2.05, 4.69) is 29.8 Å². The van der Waals surface area contributed by atoms with Gasteiger partial charge in [0.25, 0.3) is 0 Å². The first-order chi connectivity index (χ1) is 12.4. The van der Waals surface area contributed by atoms with Crippen LogP contribution in [0.15, 0.2) is 79.3 Å². The highest BCUT2D eigenvalue weighted by molar-refractivity contribution is 6.13. The maximum absolute atomic E-state index is 13.2. The summed E-state index contributed by atoms with van der Waals surface area (Å²) in [5.41, 5.74) is 5.06. The van der Waals surface area contributed by atoms with E-state index in [0.717, 1.165) is 22.3 Å². The molecular formula is C22H23N3O. The zero-order chi connectivity index (χ0) is 19.3. The van der Waals surface area contributed by atoms with Crippen molar-refractivity contribution in [1.82, 2.24) is 14.8 Å². The lowest BCUT2D eigenvalue weighted by atomic mass is 9.94. The average molecular weight is 345 g/mol. The molecule has 0 atom stereocenters. The highest BCUT2D eigenvalue weighted by Gasteiger charge is 2.17. The molecule has 0 radical (unpaired) electrons. The Bertz CT molecular complexity index is 928. The van der Waals surface area contributed by atoms with Crippen molar-refractivity contribution in [1.29, 1.82) is 0 Å². The summed E-state index contributed by atoms with van der Waals surface area (Å²) in [6.45, 7) is 15.1. The van der Waals surface area contributed by atoms with Gasteiger partial charge in [0.05, 0.1) is 11.9 Å². The van der Waals surface area contributed by atoms with Gasteiger partial charge in [-0.1, -0.05) is 37.5 Å². The van der Waals surface area contributed by atoms with Gasteiger partial charge in [-0.3, -0.25) is 14.5 Å². The Hall–Kier alpha value is -3.27. The predicted octanol–water partition coefficient (Wildman–Crippen LogP) is 4.94. The minimum absolute atomic E-state index is 0.112. The highest BCUT2D eigenvalue weighted by atomic mass is 16.1. The Morgan fingerprint density at radius 3 is 2.31 bits per heavy atom. The van der Waals surface area contributed by atoms with Crippen LogP contribution in [-0.4, -0.2) is 20.5 Å². The molecule has 0 aliphatic rings. The van der Waals surface area contributed by atoms with E-state index in [-0.39, 0.29) is 5.78 Å². The van der Waals surface area contributed by atoms with E-state index in [1.165, 1.54) is 0 Å². The molecule has 0 amide bonds. The molecule has 0 aromatic carbocycles. The molecule has 132 valence electrons. The smallest absolute Gasteiger partial charge is 0.195 e. The van der Waals surface area contributed by atoms with Crippen LogP contribution in [0.2, 0.25) is 0 Å². The summed E-state index contributed by atoms with van der Waals surface area (Å²) in [4.78, 5) is 17.6. The van der Waals surface area contributed by atoms with Gasteiger partial charge in [-0.05, 0) is 37.6 Å². The molecule has 0 aliphatic heterocycles. The van der Waals surface area contributed by atoms with Gasteiger partial charge in [-0.15, -0.1) is 0 Å². The molecule has 0 bridgehead atoms. The van der Waals surface area contributed by atoms with Crippen molar-refractivity contribution in [2.45, 2.75) is 13.8 Å². The van der Waals surface area contributed by atoms with Gasteiger partial charge in [-0.25, -0.2) is 0 Å². The molecule has 0 unspecified atom stereocenters. The van der Waals surface area contributed by atoms with E-state index < -0.39 is 0 Å². The monoisotopic (exact) mass is 345 g/mol. The summed E-state index contributed by atoms with van der Waals surface area (Å²) >= 11 is 0. The third-order valence-corrected chi connectivity index (χ3v) is 3.96. The van der Waals surface area contributed by atoms with Crippen molar-refractivity contribution in [3.63, 3.8) is 0 Å². The lowest BCUT2D eigenvalue weighted by Gasteiger charge is -2.10. The third kappa shape index (κ3) is 4.03. The molecule has 4 heteroatoms. The van der Waals surface area contributed by atoms with E-state index in [0.29, 0.717) is 16.8 Å². The van der Waals surface area contributed by atoms with Crippen LogP contribution >= 0.6 is 0 Å². The second-order valence-corrected chi connectivity index (χ2v) is 6.06. The maximum Gasteiger partial charge on any atom is 0.195 e. The first-order valence-corrected chi connectivity index (χ1v) is 8.21. The number of aromatic nitrogens is 3. The Labute approximate surface area is 154 Å². The van der Waals surface area contributed by atoms with Crippen LogP contribution in [-0.2, 0) is 7.05 Å². The fraction of sp³-hybridized carbons (Fsp3) is 0.136. The van der Waals surface area contributed by atoms with Crippen molar-refractivity contribution in [2.75, 3.05) is 0 Å². The zero-order valence-electron chi connectivity index (χ0n) is 15.5. The number of nitrogens with zero attached hydrogens (tertiary/aromatic N) is 3. The normalized spacial score (nSPS) is 9.96. The Morgan fingerprint density at radius 2 is 1.81 bits per heavy atom. The Kier molecular flexibility index (Phi) is 6.02. The molecule has 0 saturated heterocycles. The van der Waals surface area contributed by atoms with Crippen LogP contribution in [0.3, 0.4) is 0 Å². The summed E-state index contributed by atoms with van der Waals surface area (Å²) in [5.74, 6) is -0.112. The SMILES string of the molecule is C=CC(C=C)=CC(C(=O)c1cc(-c2cnn(C)c2)cnc1C=C)=C(C)C. The number of aryl methyl sites for hydroxylation is 1. The van der Waals surface area contributed by atoms with Gasteiger partial charge in [0.2, 0.25) is 0 Å². The number of Topliss-reactive ketones (excluding diaryl/α,β-unsaturated/α-hetero) is 1. The van der Waals surface area contributed by atoms with Crippen LogP contribution in [0.1, 0.15) is 29.9 Å². The number of carbonyl (C=O) groups excluding carboxylic acids is 1. The number of hydrogen-bond acceptors (Lipinski definition) is 3. The Balaban J connectivity index is 2.60. The number of rotatable bonds is 7. The molecule has 0 spiro atoms. The lowest BCUT2D eigenvalue weighted by molar-refractivity contribution is 0.103. The predicted molar refractivity (Wildman–Crippen MR) is 108 cm³/mol. The van der Waals surface area contributed by atoms with Crippen molar-refractivity contribution in [3.8, 4) is 11.1 Å². The average Bonchev–Trinajstić information content (AvgIpc) is 3.07. The topological polar surface area (TPSA) is 47.8 Å². The van der Waals surface area contributed by atoms with Crippen LogP contribution in [0.4, 0.5) is 0 Å². The molecular weight excluding hydrogens is 322 g/mol. The summed E-state index contributed by atoms with van der Waals surface area (Å²) in [5, 5.41) is 4.18. The van der Waals surface area contributed by atoms with Crippen molar-refractivity contribution < 1.29 is 4.79 Å². The van der Waals surface area contributed by atoms with Gasteiger partial charge in [0.15, 0.2) is 5.78 Å². The number of carbonyl (C=O) groups is 1. The molecule has 26 heavy (non-hydrogen) atoms. The molecule has 0 N–H and O–H groups in total. The fourth-order valence-corrected chi connectivity index (χ4v) is 2.50. The van der Waals surface area contributed by atoms with Crippen LogP contribution < -0.4 is 0 Å². The Morgan fingerprint density at radius 1 is 1.12 bits per heavy atom. The standard InChI is InChI=1S/C22H23N3O/c1-7-16(8-2)10-19(15(4)5)22(26)20-11-17(12-23-21(20)9-3)18-13-24-25(6)14-18/h7-14H,1-3H2,4-6H3. The van der Waals surface area contributed by atoms with Crippen LogP contribution in [0.25, 0.3) is 17.2 Å². The number of ketones is 1. The van der Waals surface area contributed by atoms with E-state index in [4.69, 9.17) is 0 Å². The second kappa shape index (κ2) is 8.21. The minimum atomic E-state index is -0.112. The van der Waals surface area contributed by atoms with Crippen LogP contribution in [0.5, 0.6) is 0 Å². The fourth-order valence-electron chi connectivity index (χ4n) is 2.50. The summed E-state index contributed by atoms with van der Waals surface area (Å²) < 4.78 is 1.71. The van der Waals surface area contributed by atoms with Gasteiger partial charge < -0.3 is 0 Å². The van der Waals surface area contributed by atoms with E-state index in [1.54, 1.807) is 41.4 Å². The van der Waals surface area contributed by atoms with Gasteiger partial charge in [-0.2, -0.15) is 5.10 Å². The van der Waals surface area contributed by atoms with Crippen molar-refractivity contribution >= 4 is 11.9 Å². The minimum Gasteiger partial charge on any atom is -0.289 e.